The van der Waals surface area contributed by atoms with E-state index in [1.807, 2.05) is 18.2 Å². The van der Waals surface area contributed by atoms with Crippen molar-refractivity contribution in [3.8, 4) is 0 Å². The lowest BCUT2D eigenvalue weighted by molar-refractivity contribution is -0.132. The number of hydrogen-bond donors (Lipinski definition) is 2. The number of nitrogens with one attached hydrogen (secondary N) is 1. The normalized spacial score (nSPS) is 16.2. The van der Waals surface area contributed by atoms with Gasteiger partial charge in [-0.2, -0.15) is 0 Å². The van der Waals surface area contributed by atoms with Gasteiger partial charge in [0.1, 0.15) is 6.04 Å². The molecule has 5 nitrogen and oxygen atoms in total. The predicted octanol–water partition coefficient (Wildman–Crippen LogP) is 0.425. The number of amides is 2. The first-order valence-corrected chi connectivity index (χ1v) is 6.54. The highest BCUT2D eigenvalue weighted by Gasteiger charge is 2.20. The van der Waals surface area contributed by atoms with E-state index in [1.54, 1.807) is 17.0 Å². The summed E-state index contributed by atoms with van der Waals surface area (Å²) in [4.78, 5) is 25.4. The van der Waals surface area contributed by atoms with E-state index in [0.717, 1.165) is 31.5 Å². The summed E-state index contributed by atoms with van der Waals surface area (Å²) in [5.41, 5.74) is 6.59. The third-order valence-corrected chi connectivity index (χ3v) is 3.31. The molecule has 2 amide bonds. The van der Waals surface area contributed by atoms with Crippen molar-refractivity contribution >= 4 is 11.8 Å². The summed E-state index contributed by atoms with van der Waals surface area (Å²) in [6.45, 7) is 1.61. The maximum atomic E-state index is 11.9. The Morgan fingerprint density at radius 3 is 2.47 bits per heavy atom. The Hall–Kier alpha value is -1.88. The number of carbonyl (C=O) groups is 2. The summed E-state index contributed by atoms with van der Waals surface area (Å²) in [6.07, 6.45) is 2.09. The van der Waals surface area contributed by atoms with E-state index < -0.39 is 6.04 Å². The molecule has 1 aromatic carbocycles. The molecule has 1 aliphatic heterocycles. The molecule has 0 aromatic heterocycles. The Labute approximate surface area is 112 Å². The van der Waals surface area contributed by atoms with Crippen molar-refractivity contribution in [1.82, 2.24) is 10.2 Å². The minimum absolute atomic E-state index is 0.0271. The lowest BCUT2D eigenvalue weighted by Crippen LogP contribution is -2.42. The Balaban J connectivity index is 1.82. The largest absolute Gasteiger partial charge is 0.345 e. The lowest BCUT2D eigenvalue weighted by Gasteiger charge is -2.17. The van der Waals surface area contributed by atoms with Crippen LogP contribution in [0.25, 0.3) is 0 Å². The van der Waals surface area contributed by atoms with Gasteiger partial charge < -0.3 is 16.0 Å². The SMILES string of the molecule is NC(C(=O)NCC(=O)N1CCCC1)c1ccccc1. The molecule has 0 saturated carbocycles. The highest BCUT2D eigenvalue weighted by molar-refractivity contribution is 5.88. The Morgan fingerprint density at radius 1 is 1.21 bits per heavy atom. The molecule has 1 saturated heterocycles. The van der Waals surface area contributed by atoms with E-state index in [9.17, 15) is 9.59 Å². The Kier molecular flexibility index (Phi) is 4.52. The van der Waals surface area contributed by atoms with Gasteiger partial charge in [0.2, 0.25) is 11.8 Å². The maximum absolute atomic E-state index is 11.9. The molecule has 1 atom stereocenters. The van der Waals surface area contributed by atoms with E-state index in [2.05, 4.69) is 5.32 Å². The molecule has 0 bridgehead atoms. The van der Waals surface area contributed by atoms with Gasteiger partial charge in [-0.3, -0.25) is 9.59 Å². The monoisotopic (exact) mass is 261 g/mol. The summed E-state index contributed by atoms with van der Waals surface area (Å²) in [7, 11) is 0. The van der Waals surface area contributed by atoms with Gasteiger partial charge in [0, 0.05) is 13.1 Å². The van der Waals surface area contributed by atoms with Gasteiger partial charge >= 0.3 is 0 Å². The molecule has 102 valence electrons. The van der Waals surface area contributed by atoms with Gasteiger partial charge in [0.05, 0.1) is 6.54 Å². The van der Waals surface area contributed by atoms with Crippen LogP contribution in [-0.4, -0.2) is 36.3 Å². The fraction of sp³-hybridized carbons (Fsp3) is 0.429. The van der Waals surface area contributed by atoms with Gasteiger partial charge in [0.25, 0.3) is 0 Å². The van der Waals surface area contributed by atoms with E-state index in [-0.39, 0.29) is 18.4 Å². The number of nitrogens with zero attached hydrogens (tertiary/aromatic N) is 1. The number of benzene rings is 1. The number of nitrogens with two attached hydrogens (primary N) is 1. The predicted molar refractivity (Wildman–Crippen MR) is 72.2 cm³/mol. The van der Waals surface area contributed by atoms with Gasteiger partial charge in [-0.25, -0.2) is 0 Å². The topological polar surface area (TPSA) is 75.4 Å². The summed E-state index contributed by atoms with van der Waals surface area (Å²) in [5.74, 6) is -0.357. The molecule has 1 aliphatic rings. The summed E-state index contributed by atoms with van der Waals surface area (Å²) in [5, 5.41) is 2.60. The second kappa shape index (κ2) is 6.33. The second-order valence-corrected chi connectivity index (χ2v) is 4.69. The van der Waals surface area contributed by atoms with Gasteiger partial charge in [-0.15, -0.1) is 0 Å². The zero-order valence-electron chi connectivity index (χ0n) is 10.8. The van der Waals surface area contributed by atoms with Crippen molar-refractivity contribution in [1.29, 1.82) is 0 Å². The molecule has 1 heterocycles. The van der Waals surface area contributed by atoms with Gasteiger partial charge in [-0.05, 0) is 18.4 Å². The summed E-state index contributed by atoms with van der Waals surface area (Å²) >= 11 is 0. The third kappa shape index (κ3) is 3.54. The van der Waals surface area contributed by atoms with Crippen LogP contribution in [0.3, 0.4) is 0 Å². The number of hydrogen-bond acceptors (Lipinski definition) is 3. The van der Waals surface area contributed by atoms with Crippen LogP contribution >= 0.6 is 0 Å². The molecule has 1 aromatic rings. The first-order chi connectivity index (χ1) is 9.18. The molecule has 2 rings (SSSR count). The van der Waals surface area contributed by atoms with Crippen molar-refractivity contribution < 1.29 is 9.59 Å². The van der Waals surface area contributed by atoms with Crippen LogP contribution in [0.1, 0.15) is 24.4 Å². The van der Waals surface area contributed by atoms with Crippen molar-refractivity contribution in [2.24, 2.45) is 5.73 Å². The molecule has 5 heteroatoms. The van der Waals surface area contributed by atoms with E-state index in [0.29, 0.717) is 0 Å². The molecule has 1 fully saturated rings. The smallest absolute Gasteiger partial charge is 0.241 e. The zero-order valence-corrected chi connectivity index (χ0v) is 10.8. The first-order valence-electron chi connectivity index (χ1n) is 6.54. The summed E-state index contributed by atoms with van der Waals surface area (Å²) in [6, 6.07) is 8.40. The fourth-order valence-electron chi connectivity index (χ4n) is 2.16. The van der Waals surface area contributed by atoms with Crippen molar-refractivity contribution in [2.45, 2.75) is 18.9 Å². The third-order valence-electron chi connectivity index (χ3n) is 3.31. The van der Waals surface area contributed by atoms with Crippen LogP contribution in [-0.2, 0) is 9.59 Å². The van der Waals surface area contributed by atoms with Crippen LogP contribution in [0.15, 0.2) is 30.3 Å². The van der Waals surface area contributed by atoms with Crippen LogP contribution in [0.2, 0.25) is 0 Å². The minimum Gasteiger partial charge on any atom is -0.345 e. The molecule has 19 heavy (non-hydrogen) atoms. The highest BCUT2D eigenvalue weighted by Crippen LogP contribution is 2.10. The first kappa shape index (κ1) is 13.5. The van der Waals surface area contributed by atoms with Crippen LogP contribution in [0, 0.1) is 0 Å². The standard InChI is InChI=1S/C14H19N3O2/c15-13(11-6-2-1-3-7-11)14(19)16-10-12(18)17-8-4-5-9-17/h1-3,6-7,13H,4-5,8-10,15H2,(H,16,19). The fourth-order valence-corrected chi connectivity index (χ4v) is 2.16. The number of rotatable bonds is 4. The molecule has 0 radical (unpaired) electrons. The van der Waals surface area contributed by atoms with Crippen LogP contribution in [0.5, 0.6) is 0 Å². The Bertz CT molecular complexity index is 441. The average Bonchev–Trinajstić information content (AvgIpc) is 2.98. The molecular weight excluding hydrogens is 242 g/mol. The molecule has 0 spiro atoms. The highest BCUT2D eigenvalue weighted by atomic mass is 16.2. The summed E-state index contributed by atoms with van der Waals surface area (Å²) < 4.78 is 0. The molecule has 3 N–H and O–H groups in total. The minimum atomic E-state index is -0.729. The zero-order chi connectivity index (χ0) is 13.7. The van der Waals surface area contributed by atoms with Crippen LogP contribution < -0.4 is 11.1 Å². The van der Waals surface area contributed by atoms with Gasteiger partial charge in [-0.1, -0.05) is 30.3 Å². The van der Waals surface area contributed by atoms with Crippen molar-refractivity contribution in [3.05, 3.63) is 35.9 Å². The lowest BCUT2D eigenvalue weighted by atomic mass is 10.1. The average molecular weight is 261 g/mol. The van der Waals surface area contributed by atoms with Crippen LogP contribution in [0.4, 0.5) is 0 Å². The molecular formula is C14H19N3O2. The second-order valence-electron chi connectivity index (χ2n) is 4.69. The van der Waals surface area contributed by atoms with Crippen molar-refractivity contribution in [3.63, 3.8) is 0 Å². The maximum Gasteiger partial charge on any atom is 0.241 e. The molecule has 1 unspecified atom stereocenters. The van der Waals surface area contributed by atoms with E-state index in [4.69, 9.17) is 5.73 Å². The molecule has 0 aliphatic carbocycles. The Morgan fingerprint density at radius 2 is 1.84 bits per heavy atom. The van der Waals surface area contributed by atoms with E-state index in [1.165, 1.54) is 0 Å². The van der Waals surface area contributed by atoms with E-state index >= 15 is 0 Å². The van der Waals surface area contributed by atoms with Gasteiger partial charge in [0.15, 0.2) is 0 Å². The number of likely N-dealkylation sites (tertiary alicyclic amines) is 1. The number of carbonyl (C=O) groups excluding carboxylic acids is 2. The quantitative estimate of drug-likeness (QED) is 0.825. The van der Waals surface area contributed by atoms with Crippen molar-refractivity contribution in [2.75, 3.05) is 19.6 Å².